The van der Waals surface area contributed by atoms with E-state index in [1.54, 1.807) is 12.2 Å². The fraction of sp³-hybridized carbons (Fsp3) is 0.542. The van der Waals surface area contributed by atoms with Crippen molar-refractivity contribution in [2.24, 2.45) is 11.8 Å². The number of allylic oxidation sites excluding steroid dienone is 1. The fourth-order valence-corrected chi connectivity index (χ4v) is 3.92. The number of alkyl halides is 3. The summed E-state index contributed by atoms with van der Waals surface area (Å²) in [5, 5.41) is 30.7. The molecule has 0 spiro atoms. The molecule has 1 fully saturated rings. The number of esters is 1. The predicted molar refractivity (Wildman–Crippen MR) is 115 cm³/mol. The Morgan fingerprint density at radius 3 is 2.70 bits per heavy atom. The molecule has 0 unspecified atom stereocenters. The Balaban J connectivity index is 1.84. The average Bonchev–Trinajstić information content (AvgIpc) is 3.04. The van der Waals surface area contributed by atoms with Crippen molar-refractivity contribution >= 4 is 5.97 Å². The third-order valence-corrected chi connectivity index (χ3v) is 5.67. The summed E-state index contributed by atoms with van der Waals surface area (Å²) >= 11 is 0. The van der Waals surface area contributed by atoms with E-state index >= 15 is 0 Å². The van der Waals surface area contributed by atoms with Crippen LogP contribution in [0.3, 0.4) is 0 Å². The first kappa shape index (κ1) is 26.9. The highest BCUT2D eigenvalue weighted by Gasteiger charge is 2.39. The monoisotopic (exact) mass is 472 g/mol. The lowest BCUT2D eigenvalue weighted by molar-refractivity contribution is -0.137. The first-order valence-corrected chi connectivity index (χ1v) is 10.9. The topological polar surface area (TPSA) is 96.2 Å². The minimum Gasteiger partial charge on any atom is -0.491 e. The molecule has 0 radical (unpaired) electrons. The third-order valence-electron chi connectivity index (χ3n) is 5.67. The van der Waals surface area contributed by atoms with E-state index in [4.69, 9.17) is 4.74 Å². The molecule has 1 aliphatic carbocycles. The normalized spacial score (nSPS) is 24.5. The zero-order valence-electron chi connectivity index (χ0n) is 18.4. The van der Waals surface area contributed by atoms with Crippen LogP contribution in [0, 0.1) is 11.8 Å². The molecule has 33 heavy (non-hydrogen) atoms. The van der Waals surface area contributed by atoms with Gasteiger partial charge in [0.2, 0.25) is 0 Å². The summed E-state index contributed by atoms with van der Waals surface area (Å²) in [6.07, 6.45) is 2.35. The molecule has 1 saturated carbocycles. The summed E-state index contributed by atoms with van der Waals surface area (Å²) < 4.78 is 48.1. The maximum atomic E-state index is 12.8. The zero-order valence-corrected chi connectivity index (χ0v) is 18.4. The number of carbonyl (C=O) groups excluding carboxylic acids is 1. The van der Waals surface area contributed by atoms with Crippen LogP contribution < -0.4 is 4.74 Å². The quantitative estimate of drug-likeness (QED) is 0.197. The van der Waals surface area contributed by atoms with Gasteiger partial charge < -0.3 is 24.8 Å². The molecule has 2 rings (SSSR count). The van der Waals surface area contributed by atoms with E-state index in [9.17, 15) is 33.3 Å². The number of carbonyl (C=O) groups is 1. The van der Waals surface area contributed by atoms with Gasteiger partial charge in [0.25, 0.3) is 0 Å². The van der Waals surface area contributed by atoms with Gasteiger partial charge in [-0.1, -0.05) is 30.7 Å². The van der Waals surface area contributed by atoms with Gasteiger partial charge in [0, 0.05) is 18.4 Å². The Morgan fingerprint density at radius 1 is 1.24 bits per heavy atom. The Morgan fingerprint density at radius 2 is 2.00 bits per heavy atom. The number of rotatable bonds is 11. The van der Waals surface area contributed by atoms with Crippen LogP contribution in [0.1, 0.15) is 37.7 Å². The highest BCUT2D eigenvalue weighted by Crippen LogP contribution is 2.37. The molecule has 9 heteroatoms. The number of methoxy groups -OCH3 is 1. The van der Waals surface area contributed by atoms with Crippen LogP contribution in [0.25, 0.3) is 0 Å². The van der Waals surface area contributed by atoms with Gasteiger partial charge in [-0.3, -0.25) is 0 Å². The summed E-state index contributed by atoms with van der Waals surface area (Å²) in [5.41, 5.74) is -0.836. The molecular weight excluding hydrogens is 441 g/mol. The van der Waals surface area contributed by atoms with E-state index < -0.39 is 36.0 Å². The lowest BCUT2D eigenvalue weighted by Crippen LogP contribution is -2.22. The molecule has 3 N–H and O–H groups in total. The summed E-state index contributed by atoms with van der Waals surface area (Å²) in [7, 11) is 1.31. The second kappa shape index (κ2) is 12.8. The first-order valence-electron chi connectivity index (χ1n) is 10.9. The summed E-state index contributed by atoms with van der Waals surface area (Å²) in [6, 6.07) is 4.40. The largest absolute Gasteiger partial charge is 0.491 e. The number of halogens is 3. The van der Waals surface area contributed by atoms with E-state index in [2.05, 4.69) is 4.74 Å². The van der Waals surface area contributed by atoms with Gasteiger partial charge in [0.1, 0.15) is 18.5 Å². The van der Waals surface area contributed by atoms with E-state index in [0.717, 1.165) is 25.0 Å². The van der Waals surface area contributed by atoms with Gasteiger partial charge in [0.05, 0.1) is 24.9 Å². The van der Waals surface area contributed by atoms with E-state index in [1.165, 1.54) is 31.4 Å². The summed E-state index contributed by atoms with van der Waals surface area (Å²) in [6.45, 7) is -0.250. The van der Waals surface area contributed by atoms with Crippen molar-refractivity contribution in [3.8, 4) is 5.75 Å². The number of hydrogen-bond acceptors (Lipinski definition) is 6. The maximum Gasteiger partial charge on any atom is 0.416 e. The maximum absolute atomic E-state index is 12.8. The molecule has 0 aliphatic heterocycles. The highest BCUT2D eigenvalue weighted by atomic mass is 19.4. The fourth-order valence-electron chi connectivity index (χ4n) is 3.92. The van der Waals surface area contributed by atoms with Crippen LogP contribution in [0.15, 0.2) is 48.6 Å². The molecule has 0 bridgehead atoms. The van der Waals surface area contributed by atoms with Crippen LogP contribution in [0.4, 0.5) is 13.2 Å². The molecule has 0 aromatic heterocycles. The van der Waals surface area contributed by atoms with Crippen molar-refractivity contribution < 1.29 is 42.8 Å². The van der Waals surface area contributed by atoms with Crippen molar-refractivity contribution in [2.45, 2.75) is 56.6 Å². The van der Waals surface area contributed by atoms with Crippen LogP contribution in [-0.2, 0) is 15.7 Å². The molecular formula is C24H31F3O6. The standard InChI is InChI=1S/C24H31F3O6/c1-32-23(31)10-5-3-2-4-9-19-20(22(30)14-21(19)29)12-11-17(28)15-33-18-8-6-7-16(13-18)24(25,26)27/h5-8,10-13,17,19-22,28-30H,2-4,9,14-15H2,1H3/t17-,19-,20-,21+,22-/m1/s1. The van der Waals surface area contributed by atoms with Gasteiger partial charge in [-0.05, 0) is 43.4 Å². The van der Waals surface area contributed by atoms with Crippen LogP contribution in [0.2, 0.25) is 0 Å². The smallest absolute Gasteiger partial charge is 0.416 e. The van der Waals surface area contributed by atoms with Crippen LogP contribution >= 0.6 is 0 Å². The molecule has 1 aliphatic rings. The molecule has 184 valence electrons. The van der Waals surface area contributed by atoms with Crippen molar-refractivity contribution in [1.82, 2.24) is 0 Å². The van der Waals surface area contributed by atoms with Crippen molar-refractivity contribution in [2.75, 3.05) is 13.7 Å². The minimum absolute atomic E-state index is 0.00674. The number of aliphatic hydroxyl groups is 3. The minimum atomic E-state index is -4.48. The Labute approximate surface area is 191 Å². The molecule has 6 nitrogen and oxygen atoms in total. The van der Waals surface area contributed by atoms with Gasteiger partial charge >= 0.3 is 12.1 Å². The zero-order chi connectivity index (χ0) is 24.4. The van der Waals surface area contributed by atoms with Crippen LogP contribution in [-0.4, -0.2) is 53.3 Å². The second-order valence-corrected chi connectivity index (χ2v) is 8.11. The van der Waals surface area contributed by atoms with Crippen molar-refractivity contribution in [3.63, 3.8) is 0 Å². The molecule has 0 heterocycles. The van der Waals surface area contributed by atoms with Gasteiger partial charge in [-0.2, -0.15) is 13.2 Å². The van der Waals surface area contributed by atoms with Crippen molar-refractivity contribution in [1.29, 1.82) is 0 Å². The van der Waals surface area contributed by atoms with Crippen molar-refractivity contribution in [3.05, 3.63) is 54.1 Å². The molecule has 1 aromatic rings. The molecule has 5 atom stereocenters. The second-order valence-electron chi connectivity index (χ2n) is 8.11. The summed E-state index contributed by atoms with van der Waals surface area (Å²) in [4.78, 5) is 11.0. The van der Waals surface area contributed by atoms with Gasteiger partial charge in [-0.15, -0.1) is 0 Å². The van der Waals surface area contributed by atoms with E-state index in [-0.39, 0.29) is 30.6 Å². The SMILES string of the molecule is COC(=O)C=CCCCC[C@@H]1[C@@H](C=C[C@@H](O)COc2cccc(C(F)(F)F)c2)[C@H](O)C[C@@H]1O. The number of aliphatic hydroxyl groups excluding tert-OH is 3. The molecule has 1 aromatic carbocycles. The predicted octanol–water partition coefficient (Wildman–Crippen LogP) is 3.65. The summed E-state index contributed by atoms with van der Waals surface area (Å²) in [5.74, 6) is -0.955. The van der Waals surface area contributed by atoms with Crippen LogP contribution in [0.5, 0.6) is 5.75 Å². The highest BCUT2D eigenvalue weighted by molar-refractivity contribution is 5.81. The number of ether oxygens (including phenoxy) is 2. The number of hydrogen-bond donors (Lipinski definition) is 3. The van der Waals surface area contributed by atoms with Gasteiger partial charge in [0.15, 0.2) is 0 Å². The molecule has 0 saturated heterocycles. The Bertz CT molecular complexity index is 808. The average molecular weight is 473 g/mol. The van der Waals surface area contributed by atoms with Gasteiger partial charge in [-0.25, -0.2) is 4.79 Å². The lowest BCUT2D eigenvalue weighted by Gasteiger charge is -2.21. The third kappa shape index (κ3) is 8.83. The number of benzene rings is 1. The van der Waals surface area contributed by atoms with E-state index in [1.807, 2.05) is 0 Å². The molecule has 0 amide bonds. The van der Waals surface area contributed by atoms with E-state index in [0.29, 0.717) is 12.8 Å². The Hall–Kier alpha value is -2.36. The Kier molecular flexibility index (Phi) is 10.4. The number of unbranched alkanes of at least 4 members (excludes halogenated alkanes) is 2. The first-order chi connectivity index (χ1) is 15.6. The lowest BCUT2D eigenvalue weighted by atomic mass is 9.88.